The zero-order chi connectivity index (χ0) is 20.9. The maximum Gasteiger partial charge on any atom is 0.311 e. The van der Waals surface area contributed by atoms with Crippen molar-refractivity contribution in [2.75, 3.05) is 19.4 Å². The van der Waals surface area contributed by atoms with Gasteiger partial charge in [0.1, 0.15) is 5.82 Å². The van der Waals surface area contributed by atoms with Gasteiger partial charge in [0.25, 0.3) is 5.91 Å². The molecular formula is C19H21FN2O5S. The highest BCUT2D eigenvalue weighted by Gasteiger charge is 2.20. The Balaban J connectivity index is 2.00. The molecule has 0 fully saturated rings. The van der Waals surface area contributed by atoms with Gasteiger partial charge in [0, 0.05) is 19.8 Å². The minimum absolute atomic E-state index is 0.0195. The Labute approximate surface area is 163 Å². The molecule has 0 aliphatic heterocycles. The molecule has 1 atom stereocenters. The van der Waals surface area contributed by atoms with Gasteiger partial charge in [0.2, 0.25) is 10.0 Å². The molecule has 0 aliphatic rings. The number of benzene rings is 2. The maximum atomic E-state index is 13.2. The Hall–Kier alpha value is -2.78. The molecule has 0 aromatic heterocycles. The van der Waals surface area contributed by atoms with Crippen molar-refractivity contribution in [2.45, 2.75) is 24.3 Å². The number of anilines is 1. The van der Waals surface area contributed by atoms with Gasteiger partial charge >= 0.3 is 5.97 Å². The van der Waals surface area contributed by atoms with Crippen molar-refractivity contribution in [3.05, 3.63) is 59.9 Å². The molecule has 1 N–H and O–H groups in total. The van der Waals surface area contributed by atoms with Gasteiger partial charge in [-0.25, -0.2) is 17.1 Å². The molecule has 0 radical (unpaired) electrons. The topological polar surface area (TPSA) is 92.8 Å². The van der Waals surface area contributed by atoms with E-state index in [1.54, 1.807) is 6.07 Å². The molecule has 2 rings (SSSR count). The number of hydrogen-bond acceptors (Lipinski definition) is 5. The lowest BCUT2D eigenvalue weighted by molar-refractivity contribution is -0.152. The van der Waals surface area contributed by atoms with Gasteiger partial charge in [0.15, 0.2) is 6.10 Å². The van der Waals surface area contributed by atoms with Crippen molar-refractivity contribution >= 4 is 27.6 Å². The molecule has 0 saturated carbocycles. The molecule has 0 unspecified atom stereocenters. The first-order valence-corrected chi connectivity index (χ1v) is 9.81. The summed E-state index contributed by atoms with van der Waals surface area (Å²) < 4.78 is 43.6. The lowest BCUT2D eigenvalue weighted by atomic mass is 10.1. The van der Waals surface area contributed by atoms with Crippen LogP contribution in [-0.2, 0) is 30.8 Å². The molecular weight excluding hydrogens is 387 g/mol. The second-order valence-electron chi connectivity index (χ2n) is 6.24. The van der Waals surface area contributed by atoms with E-state index in [2.05, 4.69) is 5.32 Å². The molecule has 2 aromatic carbocycles. The molecule has 1 amide bonds. The maximum absolute atomic E-state index is 13.2. The smallest absolute Gasteiger partial charge is 0.311 e. The van der Waals surface area contributed by atoms with Crippen LogP contribution in [0.15, 0.2) is 53.4 Å². The molecule has 9 heteroatoms. The normalized spacial score (nSPS) is 12.5. The Morgan fingerprint density at radius 2 is 1.82 bits per heavy atom. The summed E-state index contributed by atoms with van der Waals surface area (Å²) >= 11 is 0. The summed E-state index contributed by atoms with van der Waals surface area (Å²) in [5.41, 5.74) is 0.681. The highest BCUT2D eigenvalue weighted by molar-refractivity contribution is 7.89. The molecule has 0 heterocycles. The highest BCUT2D eigenvalue weighted by Crippen LogP contribution is 2.18. The number of esters is 1. The second kappa shape index (κ2) is 8.94. The minimum atomic E-state index is -3.65. The van der Waals surface area contributed by atoms with Crippen LogP contribution >= 0.6 is 0 Å². The minimum Gasteiger partial charge on any atom is -0.452 e. The zero-order valence-electron chi connectivity index (χ0n) is 15.7. The van der Waals surface area contributed by atoms with E-state index in [0.717, 1.165) is 4.31 Å². The second-order valence-corrected chi connectivity index (χ2v) is 8.40. The SMILES string of the molecule is C[C@@H](OC(=O)Cc1cccc(F)c1)C(=O)Nc1cccc(S(=O)(=O)N(C)C)c1. The number of nitrogens with one attached hydrogen (secondary N) is 1. The summed E-state index contributed by atoms with van der Waals surface area (Å²) in [6, 6.07) is 11.3. The Morgan fingerprint density at radius 1 is 1.14 bits per heavy atom. The zero-order valence-corrected chi connectivity index (χ0v) is 16.5. The third kappa shape index (κ3) is 5.61. The number of sulfonamides is 1. The van der Waals surface area contributed by atoms with Crippen molar-refractivity contribution in [1.29, 1.82) is 0 Å². The number of carbonyl (C=O) groups is 2. The third-order valence-corrected chi connectivity index (χ3v) is 5.61. The molecule has 0 aliphatic carbocycles. The Bertz CT molecular complexity index is 976. The fourth-order valence-corrected chi connectivity index (χ4v) is 3.24. The van der Waals surface area contributed by atoms with E-state index >= 15 is 0 Å². The van der Waals surface area contributed by atoms with E-state index in [1.165, 1.54) is 63.5 Å². The lowest BCUT2D eigenvalue weighted by Crippen LogP contribution is -2.30. The molecule has 0 spiro atoms. The van der Waals surface area contributed by atoms with Gasteiger partial charge in [-0.2, -0.15) is 0 Å². The number of ether oxygens (including phenoxy) is 1. The van der Waals surface area contributed by atoms with E-state index < -0.39 is 33.8 Å². The molecule has 0 bridgehead atoms. The van der Waals surface area contributed by atoms with E-state index in [1.807, 2.05) is 0 Å². The summed E-state index contributed by atoms with van der Waals surface area (Å²) in [5.74, 6) is -1.77. The number of amides is 1. The number of hydrogen-bond donors (Lipinski definition) is 1. The van der Waals surface area contributed by atoms with E-state index in [4.69, 9.17) is 4.74 Å². The standard InChI is InChI=1S/C19H21FN2O5S/c1-13(27-18(23)11-14-6-4-7-15(20)10-14)19(24)21-16-8-5-9-17(12-16)28(25,26)22(2)3/h4-10,12-13H,11H2,1-3H3,(H,21,24)/t13-/m1/s1. The monoisotopic (exact) mass is 408 g/mol. The first-order valence-electron chi connectivity index (χ1n) is 8.37. The third-order valence-electron chi connectivity index (χ3n) is 3.80. The van der Waals surface area contributed by atoms with E-state index in [9.17, 15) is 22.4 Å². The van der Waals surface area contributed by atoms with Crippen LogP contribution in [0, 0.1) is 5.82 Å². The van der Waals surface area contributed by atoms with Crippen molar-refractivity contribution in [3.8, 4) is 0 Å². The quantitative estimate of drug-likeness (QED) is 0.709. The van der Waals surface area contributed by atoms with E-state index in [0.29, 0.717) is 5.56 Å². The number of carbonyl (C=O) groups excluding carboxylic acids is 2. The van der Waals surface area contributed by atoms with Crippen molar-refractivity contribution in [2.24, 2.45) is 0 Å². The largest absolute Gasteiger partial charge is 0.452 e. The summed E-state index contributed by atoms with van der Waals surface area (Å²) in [5, 5.41) is 2.51. The van der Waals surface area contributed by atoms with Gasteiger partial charge in [-0.05, 0) is 42.8 Å². The van der Waals surface area contributed by atoms with Crippen LogP contribution in [0.2, 0.25) is 0 Å². The highest BCUT2D eigenvalue weighted by atomic mass is 32.2. The predicted molar refractivity (Wildman–Crippen MR) is 102 cm³/mol. The van der Waals surface area contributed by atoms with Crippen molar-refractivity contribution in [3.63, 3.8) is 0 Å². The van der Waals surface area contributed by atoms with Crippen LogP contribution in [0.3, 0.4) is 0 Å². The van der Waals surface area contributed by atoms with Gasteiger partial charge in [-0.1, -0.05) is 18.2 Å². The summed E-state index contributed by atoms with van der Waals surface area (Å²) in [6.45, 7) is 1.39. The van der Waals surface area contributed by atoms with E-state index in [-0.39, 0.29) is 17.0 Å². The average Bonchev–Trinajstić information content (AvgIpc) is 2.61. The molecule has 28 heavy (non-hydrogen) atoms. The Morgan fingerprint density at radius 3 is 2.46 bits per heavy atom. The number of nitrogens with zero attached hydrogens (tertiary/aromatic N) is 1. The van der Waals surface area contributed by atoms with Crippen molar-refractivity contribution in [1.82, 2.24) is 4.31 Å². The summed E-state index contributed by atoms with van der Waals surface area (Å²) in [6.07, 6.45) is -1.29. The van der Waals surface area contributed by atoms with Gasteiger partial charge in [-0.15, -0.1) is 0 Å². The van der Waals surface area contributed by atoms with Gasteiger partial charge in [0.05, 0.1) is 11.3 Å². The lowest BCUT2D eigenvalue weighted by Gasteiger charge is -2.15. The van der Waals surface area contributed by atoms with Crippen LogP contribution in [-0.4, -0.2) is 44.8 Å². The molecule has 2 aromatic rings. The fraction of sp³-hybridized carbons (Fsp3) is 0.263. The number of halogens is 1. The summed E-state index contributed by atoms with van der Waals surface area (Å²) in [4.78, 5) is 24.2. The van der Waals surface area contributed by atoms with Crippen LogP contribution < -0.4 is 5.32 Å². The Kier molecular flexibility index (Phi) is 6.87. The van der Waals surface area contributed by atoms with Crippen molar-refractivity contribution < 1.29 is 27.1 Å². The van der Waals surface area contributed by atoms with Gasteiger partial charge in [-0.3, -0.25) is 9.59 Å². The van der Waals surface area contributed by atoms with Crippen LogP contribution in [0.1, 0.15) is 12.5 Å². The summed E-state index contributed by atoms with van der Waals surface area (Å²) in [7, 11) is -0.840. The average molecular weight is 408 g/mol. The fourth-order valence-electron chi connectivity index (χ4n) is 2.29. The molecule has 150 valence electrons. The first-order chi connectivity index (χ1) is 13.1. The van der Waals surface area contributed by atoms with Crippen LogP contribution in [0.4, 0.5) is 10.1 Å². The number of rotatable bonds is 7. The molecule has 7 nitrogen and oxygen atoms in total. The first kappa shape index (κ1) is 21.5. The van der Waals surface area contributed by atoms with Crippen LogP contribution in [0.25, 0.3) is 0 Å². The van der Waals surface area contributed by atoms with Crippen LogP contribution in [0.5, 0.6) is 0 Å². The predicted octanol–water partition coefficient (Wildman–Crippen LogP) is 2.19. The molecule has 0 saturated heterocycles. The van der Waals surface area contributed by atoms with Gasteiger partial charge < -0.3 is 10.1 Å².